The fourth-order valence-electron chi connectivity index (χ4n) is 5.22. The number of likely N-dealkylation sites (tertiary alicyclic amines) is 1. The number of nitrogen functional groups attached to an aromatic ring is 1. The molecule has 0 unspecified atom stereocenters. The van der Waals surface area contributed by atoms with Crippen LogP contribution in [0.15, 0.2) is 84.4 Å². The number of nitrogens with zero attached hydrogens (tertiary/aromatic N) is 2. The molecule has 1 saturated heterocycles. The van der Waals surface area contributed by atoms with Crippen molar-refractivity contribution in [3.63, 3.8) is 0 Å². The average Bonchev–Trinajstić information content (AvgIpc) is 3.61. The maximum atomic E-state index is 12.5. The van der Waals surface area contributed by atoms with Gasteiger partial charge in [-0.25, -0.2) is 9.78 Å². The van der Waals surface area contributed by atoms with E-state index >= 15 is 0 Å². The van der Waals surface area contributed by atoms with Crippen LogP contribution in [0.25, 0.3) is 32.3 Å². The Labute approximate surface area is 232 Å². The lowest BCUT2D eigenvalue weighted by Gasteiger charge is -2.15. The SMILES string of the molecule is Cc1cccc(NC(=O)Nc2ccc(-c3csc4c(-c5ccc(CN6CCCC6)cc5)cnc(N)c34)cc2)c1. The number of benzene rings is 3. The molecule has 3 aromatic carbocycles. The van der Waals surface area contributed by atoms with Crippen molar-refractivity contribution in [1.29, 1.82) is 0 Å². The number of hydrogen-bond acceptors (Lipinski definition) is 5. The molecule has 5 aromatic rings. The summed E-state index contributed by atoms with van der Waals surface area (Å²) in [6.45, 7) is 5.39. The van der Waals surface area contributed by atoms with Crippen LogP contribution < -0.4 is 16.4 Å². The minimum Gasteiger partial charge on any atom is -0.383 e. The number of urea groups is 1. The minimum absolute atomic E-state index is 0.279. The number of fused-ring (bicyclic) bond motifs is 1. The Morgan fingerprint density at radius 1 is 0.923 bits per heavy atom. The van der Waals surface area contributed by atoms with Gasteiger partial charge in [0, 0.05) is 45.3 Å². The molecule has 0 bridgehead atoms. The van der Waals surface area contributed by atoms with E-state index in [0.717, 1.165) is 50.1 Å². The zero-order valence-corrected chi connectivity index (χ0v) is 22.7. The Bertz CT molecular complexity index is 1620. The molecule has 2 amide bonds. The molecule has 0 radical (unpaired) electrons. The van der Waals surface area contributed by atoms with E-state index in [1.54, 1.807) is 11.3 Å². The number of hydrogen-bond donors (Lipinski definition) is 3. The van der Waals surface area contributed by atoms with Crippen molar-refractivity contribution in [3.8, 4) is 22.3 Å². The molecule has 0 saturated carbocycles. The Morgan fingerprint density at radius 2 is 1.62 bits per heavy atom. The molecule has 0 spiro atoms. The third-order valence-corrected chi connectivity index (χ3v) is 8.24. The van der Waals surface area contributed by atoms with Crippen LogP contribution in [0.3, 0.4) is 0 Å². The number of rotatable bonds is 6. The summed E-state index contributed by atoms with van der Waals surface area (Å²) in [5, 5.41) is 8.88. The second-order valence-electron chi connectivity index (χ2n) is 10.1. The summed E-state index contributed by atoms with van der Waals surface area (Å²) in [6.07, 6.45) is 4.49. The quantitative estimate of drug-likeness (QED) is 0.208. The zero-order chi connectivity index (χ0) is 26.8. The number of amides is 2. The highest BCUT2D eigenvalue weighted by atomic mass is 32.1. The van der Waals surface area contributed by atoms with Gasteiger partial charge in [0.1, 0.15) is 5.82 Å². The number of nitrogens with one attached hydrogen (secondary N) is 2. The van der Waals surface area contributed by atoms with Gasteiger partial charge in [0.05, 0.1) is 0 Å². The number of thiophene rings is 1. The predicted molar refractivity (Wildman–Crippen MR) is 163 cm³/mol. The molecule has 39 heavy (non-hydrogen) atoms. The summed E-state index contributed by atoms with van der Waals surface area (Å²) in [5.74, 6) is 0.524. The van der Waals surface area contributed by atoms with Gasteiger partial charge in [-0.05, 0) is 84.8 Å². The summed E-state index contributed by atoms with van der Waals surface area (Å²) in [5.41, 5.74) is 14.6. The molecule has 196 valence electrons. The molecule has 4 N–H and O–H groups in total. The van der Waals surface area contributed by atoms with Crippen LogP contribution in [-0.4, -0.2) is 29.0 Å². The molecule has 7 heteroatoms. The van der Waals surface area contributed by atoms with Gasteiger partial charge in [-0.3, -0.25) is 4.90 Å². The minimum atomic E-state index is -0.279. The lowest BCUT2D eigenvalue weighted by Crippen LogP contribution is -2.19. The monoisotopic (exact) mass is 533 g/mol. The number of aryl methyl sites for hydroxylation is 1. The van der Waals surface area contributed by atoms with Crippen LogP contribution >= 0.6 is 11.3 Å². The fraction of sp³-hybridized carbons (Fsp3) is 0.188. The van der Waals surface area contributed by atoms with E-state index in [0.29, 0.717) is 11.5 Å². The second kappa shape index (κ2) is 10.9. The number of carbonyl (C=O) groups excluding carboxylic acids is 1. The lowest BCUT2D eigenvalue weighted by molar-refractivity contribution is 0.262. The van der Waals surface area contributed by atoms with Crippen LogP contribution in [-0.2, 0) is 6.54 Å². The molecule has 0 atom stereocenters. The Balaban J connectivity index is 1.21. The van der Waals surface area contributed by atoms with Gasteiger partial charge >= 0.3 is 6.03 Å². The number of pyridine rings is 1. The van der Waals surface area contributed by atoms with Gasteiger partial charge in [0.15, 0.2) is 0 Å². The highest BCUT2D eigenvalue weighted by molar-refractivity contribution is 7.18. The lowest BCUT2D eigenvalue weighted by atomic mass is 10.0. The van der Waals surface area contributed by atoms with Gasteiger partial charge in [-0.2, -0.15) is 0 Å². The normalized spacial score (nSPS) is 13.6. The van der Waals surface area contributed by atoms with Crippen LogP contribution in [0.4, 0.5) is 22.0 Å². The standard InChI is InChI=1S/C32H31N5OS/c1-21-5-4-6-26(17-21)36-32(38)35-25-13-11-24(12-14-25)28-20-39-30-27(18-34-31(33)29(28)30)23-9-7-22(8-10-23)19-37-15-2-3-16-37/h4-14,17-18,20H,2-3,15-16,19H2,1H3,(H2,33,34)(H2,35,36,38). The summed E-state index contributed by atoms with van der Waals surface area (Å²) >= 11 is 1.68. The first-order valence-corrected chi connectivity index (χ1v) is 14.1. The van der Waals surface area contributed by atoms with Crippen LogP contribution in [0.1, 0.15) is 24.0 Å². The highest BCUT2D eigenvalue weighted by Crippen LogP contribution is 2.42. The molecule has 1 aliphatic rings. The molecule has 1 fully saturated rings. The Kier molecular flexibility index (Phi) is 7.00. The van der Waals surface area contributed by atoms with Crippen LogP contribution in [0, 0.1) is 6.92 Å². The van der Waals surface area contributed by atoms with E-state index in [9.17, 15) is 4.79 Å². The van der Waals surface area contributed by atoms with Gasteiger partial charge in [0.25, 0.3) is 0 Å². The summed E-state index contributed by atoms with van der Waals surface area (Å²) < 4.78 is 1.13. The largest absolute Gasteiger partial charge is 0.383 e. The van der Waals surface area contributed by atoms with E-state index in [2.05, 4.69) is 50.2 Å². The van der Waals surface area contributed by atoms with Crippen molar-refractivity contribution in [1.82, 2.24) is 9.88 Å². The maximum Gasteiger partial charge on any atom is 0.323 e. The van der Waals surface area contributed by atoms with Crippen LogP contribution in [0.2, 0.25) is 0 Å². The maximum absolute atomic E-state index is 12.5. The molecule has 6 rings (SSSR count). The summed E-state index contributed by atoms with van der Waals surface area (Å²) in [7, 11) is 0. The van der Waals surface area contributed by atoms with Crippen LogP contribution in [0.5, 0.6) is 0 Å². The number of anilines is 3. The van der Waals surface area contributed by atoms with Gasteiger partial charge in [-0.15, -0.1) is 11.3 Å². The van der Waals surface area contributed by atoms with Gasteiger partial charge < -0.3 is 16.4 Å². The van der Waals surface area contributed by atoms with Gasteiger partial charge in [-0.1, -0.05) is 48.5 Å². The molecule has 6 nitrogen and oxygen atoms in total. The van der Waals surface area contributed by atoms with E-state index < -0.39 is 0 Å². The molecular weight excluding hydrogens is 502 g/mol. The number of carbonyl (C=O) groups is 1. The van der Waals surface area contributed by atoms with Crippen molar-refractivity contribution in [3.05, 3.63) is 95.5 Å². The average molecular weight is 534 g/mol. The van der Waals surface area contributed by atoms with Crippen molar-refractivity contribution in [2.24, 2.45) is 0 Å². The van der Waals surface area contributed by atoms with E-state index in [4.69, 9.17) is 5.73 Å². The van der Waals surface area contributed by atoms with Crippen molar-refractivity contribution in [2.45, 2.75) is 26.3 Å². The third kappa shape index (κ3) is 5.50. The first-order chi connectivity index (χ1) is 19.0. The Morgan fingerprint density at radius 3 is 2.36 bits per heavy atom. The molecular formula is C32H31N5OS. The predicted octanol–water partition coefficient (Wildman–Crippen LogP) is 7.76. The molecule has 1 aliphatic heterocycles. The Hall–Kier alpha value is -4.20. The summed E-state index contributed by atoms with van der Waals surface area (Å²) in [4.78, 5) is 19.5. The molecule has 2 aromatic heterocycles. The highest BCUT2D eigenvalue weighted by Gasteiger charge is 2.16. The van der Waals surface area contributed by atoms with E-state index in [1.807, 2.05) is 61.7 Å². The molecule has 0 aliphatic carbocycles. The smallest absolute Gasteiger partial charge is 0.323 e. The number of nitrogens with two attached hydrogens (primary N) is 1. The topological polar surface area (TPSA) is 83.3 Å². The number of aromatic nitrogens is 1. The fourth-order valence-corrected chi connectivity index (χ4v) is 6.34. The first-order valence-electron chi connectivity index (χ1n) is 13.3. The van der Waals surface area contributed by atoms with E-state index in [-0.39, 0.29) is 6.03 Å². The van der Waals surface area contributed by atoms with E-state index in [1.165, 1.54) is 31.5 Å². The zero-order valence-electron chi connectivity index (χ0n) is 21.9. The van der Waals surface area contributed by atoms with Crippen molar-refractivity contribution in [2.75, 3.05) is 29.5 Å². The summed E-state index contributed by atoms with van der Waals surface area (Å²) in [6, 6.07) is 24.1. The van der Waals surface area contributed by atoms with Gasteiger partial charge in [0.2, 0.25) is 0 Å². The molecule has 3 heterocycles. The van der Waals surface area contributed by atoms with Crippen molar-refractivity contribution < 1.29 is 4.79 Å². The first kappa shape index (κ1) is 25.1. The third-order valence-electron chi connectivity index (χ3n) is 7.22. The van der Waals surface area contributed by atoms with Crippen molar-refractivity contribution >= 4 is 44.6 Å². The second-order valence-corrected chi connectivity index (χ2v) is 11.0.